The molecular formula is C11H12N2O5S. The van der Waals surface area contributed by atoms with E-state index in [4.69, 9.17) is 0 Å². The zero-order chi connectivity index (χ0) is 14.3. The van der Waals surface area contributed by atoms with Gasteiger partial charge < -0.3 is 15.3 Å². The van der Waals surface area contributed by atoms with Gasteiger partial charge in [0.05, 0.1) is 22.4 Å². The summed E-state index contributed by atoms with van der Waals surface area (Å²) in [6.07, 6.45) is 0.211. The van der Waals surface area contributed by atoms with Gasteiger partial charge in [0.25, 0.3) is 0 Å². The SMILES string of the molecule is CC(=O)NC1=C(C(C)=O)C(C(=O)O)N2C(=O)C[C@H]2S1. The highest BCUT2D eigenvalue weighted by Gasteiger charge is 2.51. The Labute approximate surface area is 113 Å². The van der Waals surface area contributed by atoms with E-state index in [-0.39, 0.29) is 34.2 Å². The normalized spacial score (nSPS) is 25.6. The van der Waals surface area contributed by atoms with E-state index in [2.05, 4.69) is 5.32 Å². The number of carboxylic acid groups (broad SMARTS) is 1. The van der Waals surface area contributed by atoms with Crippen molar-refractivity contribution in [1.29, 1.82) is 0 Å². The molecule has 1 saturated heterocycles. The molecule has 2 amide bonds. The second-order valence-corrected chi connectivity index (χ2v) is 5.49. The minimum Gasteiger partial charge on any atom is -0.479 e. The fourth-order valence-corrected chi connectivity index (χ4v) is 3.56. The third-order valence-corrected chi connectivity index (χ3v) is 4.12. The molecule has 19 heavy (non-hydrogen) atoms. The number of rotatable bonds is 3. The van der Waals surface area contributed by atoms with Crippen LogP contribution in [0.15, 0.2) is 10.6 Å². The summed E-state index contributed by atoms with van der Waals surface area (Å²) in [5.74, 6) is -2.43. The van der Waals surface area contributed by atoms with Gasteiger partial charge in [-0.2, -0.15) is 0 Å². The van der Waals surface area contributed by atoms with Gasteiger partial charge in [-0.05, 0) is 6.92 Å². The zero-order valence-corrected chi connectivity index (χ0v) is 11.1. The molecule has 0 radical (unpaired) electrons. The summed E-state index contributed by atoms with van der Waals surface area (Å²) in [5.41, 5.74) is -0.0444. The molecule has 0 saturated carbocycles. The van der Waals surface area contributed by atoms with E-state index in [1.54, 1.807) is 0 Å². The molecular weight excluding hydrogens is 272 g/mol. The first-order valence-corrected chi connectivity index (χ1v) is 6.44. The Bertz CT molecular complexity index is 527. The molecule has 2 aliphatic rings. The van der Waals surface area contributed by atoms with Gasteiger partial charge in [-0.1, -0.05) is 11.8 Å². The number of carbonyl (C=O) groups excluding carboxylic acids is 3. The summed E-state index contributed by atoms with van der Waals surface area (Å²) >= 11 is 1.14. The Morgan fingerprint density at radius 3 is 2.42 bits per heavy atom. The van der Waals surface area contributed by atoms with Gasteiger partial charge in [-0.3, -0.25) is 14.4 Å². The number of carboxylic acids is 1. The Morgan fingerprint density at radius 2 is 2.00 bits per heavy atom. The van der Waals surface area contributed by atoms with Crippen LogP contribution in [0.5, 0.6) is 0 Å². The number of hydrogen-bond donors (Lipinski definition) is 2. The zero-order valence-electron chi connectivity index (χ0n) is 10.3. The largest absolute Gasteiger partial charge is 0.479 e. The van der Waals surface area contributed by atoms with E-state index >= 15 is 0 Å². The lowest BCUT2D eigenvalue weighted by Gasteiger charge is -2.47. The first kappa shape index (κ1) is 13.6. The maximum Gasteiger partial charge on any atom is 0.331 e. The topological polar surface area (TPSA) is 104 Å². The Morgan fingerprint density at radius 1 is 1.37 bits per heavy atom. The Kier molecular flexibility index (Phi) is 3.36. The third kappa shape index (κ3) is 2.23. The Hall–Kier alpha value is -1.83. The molecule has 0 aliphatic carbocycles. The minimum absolute atomic E-state index is 0.0444. The van der Waals surface area contributed by atoms with Crippen LogP contribution in [0, 0.1) is 0 Å². The van der Waals surface area contributed by atoms with Gasteiger partial charge in [0, 0.05) is 6.92 Å². The lowest BCUT2D eigenvalue weighted by Crippen LogP contribution is -2.62. The highest BCUT2D eigenvalue weighted by molar-refractivity contribution is 8.03. The van der Waals surface area contributed by atoms with Crippen molar-refractivity contribution in [2.75, 3.05) is 0 Å². The van der Waals surface area contributed by atoms with Crippen molar-refractivity contribution in [2.45, 2.75) is 31.7 Å². The molecule has 7 nitrogen and oxygen atoms in total. The average Bonchev–Trinajstić information content (AvgIpc) is 2.25. The molecule has 102 valence electrons. The fourth-order valence-electron chi connectivity index (χ4n) is 2.12. The quantitative estimate of drug-likeness (QED) is 0.688. The molecule has 2 aliphatic heterocycles. The van der Waals surface area contributed by atoms with E-state index in [1.807, 2.05) is 0 Å². The third-order valence-electron chi connectivity index (χ3n) is 2.90. The first-order chi connectivity index (χ1) is 8.82. The molecule has 1 unspecified atom stereocenters. The number of aliphatic carboxylic acids is 1. The number of amides is 2. The summed E-state index contributed by atoms with van der Waals surface area (Å²) < 4.78 is 0. The van der Waals surface area contributed by atoms with Gasteiger partial charge >= 0.3 is 5.97 Å². The molecule has 0 aromatic rings. The summed E-state index contributed by atoms with van der Waals surface area (Å²) in [6.45, 7) is 2.50. The molecule has 0 bridgehead atoms. The maximum absolute atomic E-state index is 11.7. The lowest BCUT2D eigenvalue weighted by molar-refractivity contribution is -0.156. The van der Waals surface area contributed by atoms with Crippen molar-refractivity contribution in [3.63, 3.8) is 0 Å². The number of fused-ring (bicyclic) bond motifs is 1. The van der Waals surface area contributed by atoms with Crippen molar-refractivity contribution >= 4 is 35.3 Å². The number of ketones is 1. The monoisotopic (exact) mass is 284 g/mol. The van der Waals surface area contributed by atoms with Crippen molar-refractivity contribution in [3.8, 4) is 0 Å². The van der Waals surface area contributed by atoms with Gasteiger partial charge in [-0.25, -0.2) is 4.79 Å². The predicted octanol–water partition coefficient (Wildman–Crippen LogP) is -0.318. The molecule has 0 aromatic heterocycles. The van der Waals surface area contributed by atoms with Crippen molar-refractivity contribution < 1.29 is 24.3 Å². The number of nitrogens with one attached hydrogen (secondary N) is 1. The van der Waals surface area contributed by atoms with Crippen LogP contribution in [-0.2, 0) is 19.2 Å². The number of nitrogens with zero attached hydrogens (tertiary/aromatic N) is 1. The number of carbonyl (C=O) groups is 4. The average molecular weight is 284 g/mol. The number of hydrogen-bond acceptors (Lipinski definition) is 5. The van der Waals surface area contributed by atoms with Crippen LogP contribution in [0.25, 0.3) is 0 Å². The van der Waals surface area contributed by atoms with Crippen LogP contribution in [0.1, 0.15) is 20.3 Å². The predicted molar refractivity (Wildman–Crippen MR) is 65.8 cm³/mol. The van der Waals surface area contributed by atoms with E-state index in [0.29, 0.717) is 0 Å². The number of thioether (sulfide) groups is 1. The fraction of sp³-hybridized carbons (Fsp3) is 0.455. The van der Waals surface area contributed by atoms with Crippen molar-refractivity contribution in [3.05, 3.63) is 10.6 Å². The van der Waals surface area contributed by atoms with E-state index in [9.17, 15) is 24.3 Å². The van der Waals surface area contributed by atoms with Crippen molar-refractivity contribution in [1.82, 2.24) is 10.2 Å². The van der Waals surface area contributed by atoms with Crippen LogP contribution in [0.4, 0.5) is 0 Å². The van der Waals surface area contributed by atoms with Gasteiger partial charge in [-0.15, -0.1) is 0 Å². The minimum atomic E-state index is -1.31. The maximum atomic E-state index is 11.7. The summed E-state index contributed by atoms with van der Waals surface area (Å²) in [4.78, 5) is 46.8. The smallest absolute Gasteiger partial charge is 0.331 e. The molecule has 0 aromatic carbocycles. The lowest BCUT2D eigenvalue weighted by atomic mass is 9.98. The van der Waals surface area contributed by atoms with Gasteiger partial charge in [0.2, 0.25) is 11.8 Å². The van der Waals surface area contributed by atoms with Crippen LogP contribution < -0.4 is 5.32 Å². The van der Waals surface area contributed by atoms with Crippen molar-refractivity contribution in [2.24, 2.45) is 0 Å². The Balaban J connectivity index is 2.49. The van der Waals surface area contributed by atoms with Crippen LogP contribution in [-0.4, -0.2) is 45.0 Å². The summed E-state index contributed by atoms with van der Waals surface area (Å²) in [7, 11) is 0. The van der Waals surface area contributed by atoms with E-state index in [1.165, 1.54) is 18.7 Å². The second kappa shape index (κ2) is 4.69. The van der Waals surface area contributed by atoms with Gasteiger partial charge in [0.1, 0.15) is 0 Å². The van der Waals surface area contributed by atoms with Crippen LogP contribution >= 0.6 is 11.8 Å². The highest BCUT2D eigenvalue weighted by Crippen LogP contribution is 2.43. The molecule has 2 atom stereocenters. The summed E-state index contributed by atoms with van der Waals surface area (Å²) in [6, 6.07) is -1.31. The van der Waals surface area contributed by atoms with Crippen LogP contribution in [0.2, 0.25) is 0 Å². The molecule has 2 rings (SSSR count). The number of Topliss-reactive ketones (excluding diaryl/α,β-unsaturated/α-hetero) is 1. The molecule has 2 N–H and O–H groups in total. The van der Waals surface area contributed by atoms with E-state index < -0.39 is 17.8 Å². The standard InChI is InChI=1S/C11H12N2O5S/c1-4(14)8-9(11(17)18)13-6(16)3-7(13)19-10(8)12-5(2)15/h7,9H,3H2,1-2H3,(H,12,15)(H,17,18)/t7-,9?/m1/s1. The first-order valence-electron chi connectivity index (χ1n) is 5.56. The molecule has 2 heterocycles. The summed E-state index contributed by atoms with van der Waals surface area (Å²) in [5, 5.41) is 11.6. The molecule has 0 spiro atoms. The highest BCUT2D eigenvalue weighted by atomic mass is 32.2. The molecule has 8 heteroatoms. The molecule has 1 fully saturated rings. The number of β-lactam (4-membered cyclic amide) rings is 1. The van der Waals surface area contributed by atoms with Crippen LogP contribution in [0.3, 0.4) is 0 Å². The second-order valence-electron chi connectivity index (χ2n) is 4.30. The van der Waals surface area contributed by atoms with E-state index in [0.717, 1.165) is 11.8 Å². The van der Waals surface area contributed by atoms with Gasteiger partial charge in [0.15, 0.2) is 11.8 Å².